The summed E-state index contributed by atoms with van der Waals surface area (Å²) in [5.74, 6) is 0.800. The number of amides is 1. The molecule has 0 aliphatic carbocycles. The van der Waals surface area contributed by atoms with E-state index >= 15 is 0 Å². The maximum Gasteiger partial charge on any atom is 0.349 e. The van der Waals surface area contributed by atoms with Crippen LogP contribution in [0.3, 0.4) is 0 Å². The number of fused-ring (bicyclic) bond motifs is 1. The average Bonchev–Trinajstić information content (AvgIpc) is 2.73. The second-order valence-electron chi connectivity index (χ2n) is 6.74. The second-order valence-corrected chi connectivity index (χ2v) is 6.74. The summed E-state index contributed by atoms with van der Waals surface area (Å²) in [6.07, 6.45) is 4.59. The monoisotopic (exact) mass is 395 g/mol. The van der Waals surface area contributed by atoms with Crippen LogP contribution in [0, 0.1) is 0 Å². The van der Waals surface area contributed by atoms with Gasteiger partial charge in [-0.2, -0.15) is 0 Å². The highest BCUT2D eigenvalue weighted by Crippen LogP contribution is 2.21. The first kappa shape index (κ1) is 20.5. The maximum absolute atomic E-state index is 12.5. The molecule has 29 heavy (non-hydrogen) atoms. The van der Waals surface area contributed by atoms with E-state index in [4.69, 9.17) is 13.9 Å². The zero-order chi connectivity index (χ0) is 20.6. The van der Waals surface area contributed by atoms with Crippen molar-refractivity contribution in [3.63, 3.8) is 0 Å². The summed E-state index contributed by atoms with van der Waals surface area (Å²) < 4.78 is 16.1. The molecule has 1 N–H and O–H groups in total. The van der Waals surface area contributed by atoms with E-state index in [-0.39, 0.29) is 5.56 Å². The van der Waals surface area contributed by atoms with Gasteiger partial charge in [0.1, 0.15) is 22.6 Å². The van der Waals surface area contributed by atoms with Crippen molar-refractivity contribution in [1.82, 2.24) is 0 Å². The molecule has 0 spiro atoms. The van der Waals surface area contributed by atoms with Crippen LogP contribution in [0.15, 0.2) is 57.7 Å². The molecule has 0 aliphatic heterocycles. The van der Waals surface area contributed by atoms with Crippen LogP contribution in [0.25, 0.3) is 11.0 Å². The third-order valence-corrected chi connectivity index (χ3v) is 4.57. The van der Waals surface area contributed by atoms with Gasteiger partial charge >= 0.3 is 5.63 Å². The van der Waals surface area contributed by atoms with Crippen molar-refractivity contribution in [2.45, 2.75) is 32.6 Å². The summed E-state index contributed by atoms with van der Waals surface area (Å²) in [7, 11) is 1.53. The molecule has 2 aromatic carbocycles. The lowest BCUT2D eigenvalue weighted by atomic mass is 10.1. The van der Waals surface area contributed by atoms with Crippen molar-refractivity contribution in [3.8, 4) is 11.5 Å². The number of anilines is 1. The molecule has 6 heteroatoms. The van der Waals surface area contributed by atoms with Gasteiger partial charge in [-0.25, -0.2) is 4.79 Å². The van der Waals surface area contributed by atoms with E-state index in [0.717, 1.165) is 18.6 Å². The Labute approximate surface area is 169 Å². The zero-order valence-corrected chi connectivity index (χ0v) is 16.7. The van der Waals surface area contributed by atoms with Gasteiger partial charge in [0.2, 0.25) is 0 Å². The average molecular weight is 395 g/mol. The fourth-order valence-corrected chi connectivity index (χ4v) is 2.93. The Balaban J connectivity index is 1.65. The van der Waals surface area contributed by atoms with E-state index in [1.54, 1.807) is 42.5 Å². The molecule has 1 aromatic heterocycles. The Hall–Kier alpha value is -3.28. The van der Waals surface area contributed by atoms with Crippen LogP contribution in [0.5, 0.6) is 11.5 Å². The summed E-state index contributed by atoms with van der Waals surface area (Å²) >= 11 is 0. The maximum atomic E-state index is 12.5. The molecule has 152 valence electrons. The van der Waals surface area contributed by atoms with E-state index in [2.05, 4.69) is 12.2 Å². The van der Waals surface area contributed by atoms with Gasteiger partial charge in [-0.3, -0.25) is 4.79 Å². The molecular weight excluding hydrogens is 370 g/mol. The standard InChI is InChI=1S/C23H25NO5/c1-3-4-5-6-13-28-18-11-8-17(9-12-18)24-22(25)20-14-16-7-10-19(27-2)15-21(16)29-23(20)26/h7-12,14-15H,3-6,13H2,1-2H3,(H,24,25). The minimum atomic E-state index is -0.699. The van der Waals surface area contributed by atoms with Gasteiger partial charge in [0, 0.05) is 17.1 Å². The Bertz CT molecular complexity index is 1020. The zero-order valence-electron chi connectivity index (χ0n) is 16.7. The molecule has 0 radical (unpaired) electrons. The number of ether oxygens (including phenoxy) is 2. The van der Waals surface area contributed by atoms with Gasteiger partial charge in [0.15, 0.2) is 0 Å². The minimum Gasteiger partial charge on any atom is -0.497 e. The molecule has 0 bridgehead atoms. The number of carbonyl (C=O) groups excluding carboxylic acids is 1. The van der Waals surface area contributed by atoms with E-state index in [0.29, 0.717) is 29.0 Å². The largest absolute Gasteiger partial charge is 0.497 e. The highest BCUT2D eigenvalue weighted by atomic mass is 16.5. The van der Waals surface area contributed by atoms with Crippen LogP contribution >= 0.6 is 0 Å². The lowest BCUT2D eigenvalue weighted by molar-refractivity contribution is 0.102. The molecule has 0 saturated carbocycles. The van der Waals surface area contributed by atoms with Crippen LogP contribution in [-0.2, 0) is 0 Å². The van der Waals surface area contributed by atoms with E-state index in [9.17, 15) is 9.59 Å². The number of hydrogen-bond donors (Lipinski definition) is 1. The molecule has 1 heterocycles. The summed E-state index contributed by atoms with van der Waals surface area (Å²) in [6.45, 7) is 2.85. The molecule has 0 fully saturated rings. The Morgan fingerprint density at radius 2 is 1.76 bits per heavy atom. The SMILES string of the molecule is CCCCCCOc1ccc(NC(=O)c2cc3ccc(OC)cc3oc2=O)cc1. The molecule has 3 aromatic rings. The summed E-state index contributed by atoms with van der Waals surface area (Å²) in [5, 5.41) is 3.36. The molecule has 0 unspecified atom stereocenters. The highest BCUT2D eigenvalue weighted by molar-refractivity contribution is 6.05. The molecule has 3 rings (SSSR count). The van der Waals surface area contributed by atoms with Crippen molar-refractivity contribution in [2.24, 2.45) is 0 Å². The van der Waals surface area contributed by atoms with Crippen molar-refractivity contribution >= 4 is 22.6 Å². The first-order valence-corrected chi connectivity index (χ1v) is 9.77. The number of carbonyl (C=O) groups is 1. The van der Waals surface area contributed by atoms with Gasteiger partial charge in [-0.1, -0.05) is 26.2 Å². The lowest BCUT2D eigenvalue weighted by Crippen LogP contribution is -2.20. The lowest BCUT2D eigenvalue weighted by Gasteiger charge is -2.08. The molecule has 0 atom stereocenters. The van der Waals surface area contributed by atoms with Crippen molar-refractivity contribution < 1.29 is 18.7 Å². The number of methoxy groups -OCH3 is 1. The van der Waals surface area contributed by atoms with Crippen molar-refractivity contribution in [1.29, 1.82) is 0 Å². The summed E-state index contributed by atoms with van der Waals surface area (Å²) in [4.78, 5) is 24.8. The number of hydrogen-bond acceptors (Lipinski definition) is 5. The fourth-order valence-electron chi connectivity index (χ4n) is 2.93. The predicted octanol–water partition coefficient (Wildman–Crippen LogP) is 5.01. The normalized spacial score (nSPS) is 10.7. The van der Waals surface area contributed by atoms with Gasteiger partial charge in [-0.15, -0.1) is 0 Å². The van der Waals surface area contributed by atoms with Crippen molar-refractivity contribution in [3.05, 3.63) is 64.5 Å². The smallest absolute Gasteiger partial charge is 0.349 e. The van der Waals surface area contributed by atoms with Gasteiger partial charge in [-0.05, 0) is 48.9 Å². The highest BCUT2D eigenvalue weighted by Gasteiger charge is 2.14. The van der Waals surface area contributed by atoms with Crippen molar-refractivity contribution in [2.75, 3.05) is 19.0 Å². The number of nitrogens with one attached hydrogen (secondary N) is 1. The van der Waals surface area contributed by atoms with E-state index < -0.39 is 11.5 Å². The van der Waals surface area contributed by atoms with Crippen LogP contribution in [0.1, 0.15) is 43.0 Å². The van der Waals surface area contributed by atoms with Gasteiger partial charge in [0.25, 0.3) is 5.91 Å². The predicted molar refractivity (Wildman–Crippen MR) is 113 cm³/mol. The Morgan fingerprint density at radius 1 is 1.00 bits per heavy atom. The first-order chi connectivity index (χ1) is 14.1. The second kappa shape index (κ2) is 9.78. The van der Waals surface area contributed by atoms with E-state index in [1.165, 1.54) is 26.0 Å². The topological polar surface area (TPSA) is 77.8 Å². The van der Waals surface area contributed by atoms with Gasteiger partial charge < -0.3 is 19.2 Å². The van der Waals surface area contributed by atoms with Crippen LogP contribution in [-0.4, -0.2) is 19.6 Å². The number of rotatable bonds is 9. The Morgan fingerprint density at radius 3 is 2.48 bits per heavy atom. The Kier molecular flexibility index (Phi) is 6.89. The molecule has 1 amide bonds. The van der Waals surface area contributed by atoms with Crippen LogP contribution in [0.4, 0.5) is 5.69 Å². The van der Waals surface area contributed by atoms with Crippen LogP contribution < -0.4 is 20.4 Å². The first-order valence-electron chi connectivity index (χ1n) is 9.77. The number of unbranched alkanes of at least 4 members (excludes halogenated alkanes) is 3. The molecular formula is C23H25NO5. The summed E-state index contributed by atoms with van der Waals surface area (Å²) in [6, 6.07) is 13.7. The minimum absolute atomic E-state index is 0.0566. The van der Waals surface area contributed by atoms with Gasteiger partial charge in [0.05, 0.1) is 13.7 Å². The van der Waals surface area contributed by atoms with Crippen LogP contribution in [0.2, 0.25) is 0 Å². The number of benzene rings is 2. The molecule has 6 nitrogen and oxygen atoms in total. The quantitative estimate of drug-likeness (QED) is 0.407. The summed E-state index contributed by atoms with van der Waals surface area (Å²) in [5.41, 5.74) is 0.183. The molecule has 0 saturated heterocycles. The molecule has 0 aliphatic rings. The third kappa shape index (κ3) is 5.38. The van der Waals surface area contributed by atoms with E-state index in [1.807, 2.05) is 0 Å². The third-order valence-electron chi connectivity index (χ3n) is 4.57. The fraction of sp³-hybridized carbons (Fsp3) is 0.304.